The maximum absolute atomic E-state index is 11.8. The predicted molar refractivity (Wildman–Crippen MR) is 68.1 cm³/mol. The zero-order valence-electron chi connectivity index (χ0n) is 11.2. The summed E-state index contributed by atoms with van der Waals surface area (Å²) in [6.45, 7) is 3.41. The van der Waals surface area contributed by atoms with Gasteiger partial charge >= 0.3 is 0 Å². The Labute approximate surface area is 108 Å². The number of nitrogens with zero attached hydrogens (tertiary/aromatic N) is 1. The van der Waals surface area contributed by atoms with Gasteiger partial charge in [0.1, 0.15) is 0 Å². The molecule has 0 aliphatic carbocycles. The maximum Gasteiger partial charge on any atom is 0.223 e. The fourth-order valence-electron chi connectivity index (χ4n) is 1.88. The fourth-order valence-corrected chi connectivity index (χ4v) is 1.88. The van der Waals surface area contributed by atoms with Crippen LogP contribution in [0.4, 0.5) is 0 Å². The minimum Gasteiger partial charge on any atom is -0.383 e. The van der Waals surface area contributed by atoms with Crippen molar-refractivity contribution in [1.29, 1.82) is 0 Å². The molecule has 6 nitrogen and oxygen atoms in total. The van der Waals surface area contributed by atoms with Crippen molar-refractivity contribution in [2.75, 3.05) is 46.9 Å². The van der Waals surface area contributed by atoms with E-state index in [0.717, 1.165) is 19.5 Å². The molecule has 0 saturated carbocycles. The average molecular weight is 257 g/mol. The molecular formula is C12H23N3O3. The van der Waals surface area contributed by atoms with Gasteiger partial charge in [-0.3, -0.25) is 9.59 Å². The number of hydrogen-bond acceptors (Lipinski definition) is 4. The maximum atomic E-state index is 11.8. The number of piperidine rings is 1. The Morgan fingerprint density at radius 1 is 1.44 bits per heavy atom. The molecule has 1 fully saturated rings. The van der Waals surface area contributed by atoms with Crippen LogP contribution in [0.5, 0.6) is 0 Å². The van der Waals surface area contributed by atoms with Crippen molar-refractivity contribution in [2.24, 2.45) is 5.92 Å². The lowest BCUT2D eigenvalue weighted by molar-refractivity contribution is -0.139. The standard InChI is InChI=1S/C12H23N3O3/c1-15-7-3-10(9-11(15)16)12(17)14-5-4-13-6-8-18-2/h10,13H,3-9H2,1-2H3,(H,14,17). The lowest BCUT2D eigenvalue weighted by atomic mass is 9.96. The van der Waals surface area contributed by atoms with E-state index in [0.29, 0.717) is 26.1 Å². The molecule has 18 heavy (non-hydrogen) atoms. The Hall–Kier alpha value is -1.14. The number of methoxy groups -OCH3 is 1. The van der Waals surface area contributed by atoms with E-state index >= 15 is 0 Å². The summed E-state index contributed by atoms with van der Waals surface area (Å²) in [5.41, 5.74) is 0. The molecule has 0 bridgehead atoms. The first kappa shape index (κ1) is 14.9. The normalized spacial score (nSPS) is 20.0. The first-order valence-corrected chi connectivity index (χ1v) is 6.36. The molecule has 1 aliphatic rings. The second-order valence-electron chi connectivity index (χ2n) is 4.54. The van der Waals surface area contributed by atoms with E-state index in [4.69, 9.17) is 4.74 Å². The first-order valence-electron chi connectivity index (χ1n) is 6.36. The number of likely N-dealkylation sites (tertiary alicyclic amines) is 1. The van der Waals surface area contributed by atoms with Gasteiger partial charge in [0.2, 0.25) is 11.8 Å². The van der Waals surface area contributed by atoms with Crippen LogP contribution in [-0.2, 0) is 14.3 Å². The van der Waals surface area contributed by atoms with Crippen LogP contribution in [-0.4, -0.2) is 63.7 Å². The topological polar surface area (TPSA) is 70.7 Å². The lowest BCUT2D eigenvalue weighted by Gasteiger charge is -2.27. The third-order valence-electron chi connectivity index (χ3n) is 3.11. The highest BCUT2D eigenvalue weighted by atomic mass is 16.5. The third-order valence-corrected chi connectivity index (χ3v) is 3.11. The minimum atomic E-state index is -0.160. The number of ether oxygens (including phenoxy) is 1. The van der Waals surface area contributed by atoms with Crippen LogP contribution >= 0.6 is 0 Å². The second-order valence-corrected chi connectivity index (χ2v) is 4.54. The van der Waals surface area contributed by atoms with Crippen LogP contribution in [0, 0.1) is 5.92 Å². The predicted octanol–water partition coefficient (Wildman–Crippen LogP) is -0.793. The molecule has 1 heterocycles. The fraction of sp³-hybridized carbons (Fsp3) is 0.833. The van der Waals surface area contributed by atoms with E-state index in [-0.39, 0.29) is 17.7 Å². The van der Waals surface area contributed by atoms with Crippen molar-refractivity contribution in [2.45, 2.75) is 12.8 Å². The molecule has 1 aliphatic heterocycles. The van der Waals surface area contributed by atoms with Crippen LogP contribution in [0.25, 0.3) is 0 Å². The van der Waals surface area contributed by atoms with Gasteiger partial charge in [0.05, 0.1) is 6.61 Å². The number of amides is 2. The van der Waals surface area contributed by atoms with E-state index in [1.165, 1.54) is 0 Å². The van der Waals surface area contributed by atoms with Gasteiger partial charge in [-0.15, -0.1) is 0 Å². The van der Waals surface area contributed by atoms with Crippen molar-refractivity contribution in [3.63, 3.8) is 0 Å². The number of nitrogens with one attached hydrogen (secondary N) is 2. The summed E-state index contributed by atoms with van der Waals surface area (Å²) in [6.07, 6.45) is 1.09. The summed E-state index contributed by atoms with van der Waals surface area (Å²) in [5.74, 6) is -0.114. The van der Waals surface area contributed by atoms with Crippen LogP contribution in [0.3, 0.4) is 0 Å². The van der Waals surface area contributed by atoms with E-state index < -0.39 is 0 Å². The average Bonchev–Trinajstić information content (AvgIpc) is 2.36. The molecule has 6 heteroatoms. The quantitative estimate of drug-likeness (QED) is 0.586. The molecule has 2 amide bonds. The minimum absolute atomic E-state index is 0.00927. The SMILES string of the molecule is COCCNCCNC(=O)C1CCN(C)C(=O)C1. The summed E-state index contributed by atoms with van der Waals surface area (Å²) in [4.78, 5) is 25.0. The Kier molecular flexibility index (Phi) is 6.67. The van der Waals surface area contributed by atoms with Crippen molar-refractivity contribution in [1.82, 2.24) is 15.5 Å². The Bertz CT molecular complexity index is 284. The lowest BCUT2D eigenvalue weighted by Crippen LogP contribution is -2.43. The molecular weight excluding hydrogens is 234 g/mol. The van der Waals surface area contributed by atoms with Gasteiger partial charge in [-0.05, 0) is 6.42 Å². The molecule has 0 aromatic heterocycles. The van der Waals surface area contributed by atoms with Gasteiger partial charge in [-0.1, -0.05) is 0 Å². The number of carbonyl (C=O) groups is 2. The van der Waals surface area contributed by atoms with Crippen LogP contribution < -0.4 is 10.6 Å². The highest BCUT2D eigenvalue weighted by Crippen LogP contribution is 2.16. The van der Waals surface area contributed by atoms with Crippen molar-refractivity contribution < 1.29 is 14.3 Å². The van der Waals surface area contributed by atoms with Crippen molar-refractivity contribution in [3.05, 3.63) is 0 Å². The highest BCUT2D eigenvalue weighted by molar-refractivity contribution is 5.86. The van der Waals surface area contributed by atoms with Gasteiger partial charge in [0.25, 0.3) is 0 Å². The molecule has 0 aromatic rings. The number of rotatable bonds is 7. The van der Waals surface area contributed by atoms with Gasteiger partial charge in [0.15, 0.2) is 0 Å². The van der Waals surface area contributed by atoms with E-state index in [9.17, 15) is 9.59 Å². The van der Waals surface area contributed by atoms with Gasteiger partial charge in [-0.2, -0.15) is 0 Å². The monoisotopic (exact) mass is 257 g/mol. The molecule has 1 unspecified atom stereocenters. The van der Waals surface area contributed by atoms with Crippen LogP contribution in [0.2, 0.25) is 0 Å². The molecule has 2 N–H and O–H groups in total. The summed E-state index contributed by atoms with van der Waals surface area (Å²) >= 11 is 0. The van der Waals surface area contributed by atoms with Gasteiger partial charge < -0.3 is 20.3 Å². The Morgan fingerprint density at radius 2 is 2.22 bits per heavy atom. The van der Waals surface area contributed by atoms with Gasteiger partial charge in [-0.25, -0.2) is 0 Å². The molecule has 0 spiro atoms. The molecule has 104 valence electrons. The Morgan fingerprint density at radius 3 is 2.89 bits per heavy atom. The van der Waals surface area contributed by atoms with E-state index in [1.807, 2.05) is 0 Å². The van der Waals surface area contributed by atoms with Gasteiger partial charge in [0, 0.05) is 52.7 Å². The molecule has 1 rings (SSSR count). The number of hydrogen-bond donors (Lipinski definition) is 2. The zero-order valence-corrected chi connectivity index (χ0v) is 11.2. The molecule has 1 saturated heterocycles. The molecule has 0 radical (unpaired) electrons. The van der Waals surface area contributed by atoms with Crippen molar-refractivity contribution in [3.8, 4) is 0 Å². The smallest absolute Gasteiger partial charge is 0.223 e. The number of carbonyl (C=O) groups excluding carboxylic acids is 2. The van der Waals surface area contributed by atoms with Crippen LogP contribution in [0.1, 0.15) is 12.8 Å². The Balaban J connectivity index is 2.11. The second kappa shape index (κ2) is 8.05. The third kappa shape index (κ3) is 5.01. The van der Waals surface area contributed by atoms with E-state index in [1.54, 1.807) is 19.1 Å². The largest absolute Gasteiger partial charge is 0.383 e. The zero-order chi connectivity index (χ0) is 13.4. The first-order chi connectivity index (χ1) is 8.65. The summed E-state index contributed by atoms with van der Waals surface area (Å²) < 4.78 is 4.89. The van der Waals surface area contributed by atoms with E-state index in [2.05, 4.69) is 10.6 Å². The summed E-state index contributed by atoms with van der Waals surface area (Å²) in [5, 5.41) is 6.00. The summed E-state index contributed by atoms with van der Waals surface area (Å²) in [7, 11) is 3.43. The van der Waals surface area contributed by atoms with Crippen molar-refractivity contribution >= 4 is 11.8 Å². The summed E-state index contributed by atoms with van der Waals surface area (Å²) in [6, 6.07) is 0. The highest BCUT2D eigenvalue weighted by Gasteiger charge is 2.28. The molecule has 0 aromatic carbocycles. The molecule has 1 atom stereocenters. The van der Waals surface area contributed by atoms with Crippen LogP contribution in [0.15, 0.2) is 0 Å².